The van der Waals surface area contributed by atoms with Crippen molar-refractivity contribution in [1.29, 1.82) is 0 Å². The van der Waals surface area contributed by atoms with Crippen LogP contribution in [0.25, 0.3) is 22.1 Å². The average Bonchev–Trinajstić information content (AvgIpc) is 3.39. The van der Waals surface area contributed by atoms with Gasteiger partial charge in [0.1, 0.15) is 12.2 Å². The van der Waals surface area contributed by atoms with Gasteiger partial charge in [-0.3, -0.25) is 14.0 Å². The van der Waals surface area contributed by atoms with Gasteiger partial charge in [-0.25, -0.2) is 0 Å². The molecule has 0 aliphatic heterocycles. The number of carbonyl (C=O) groups excluding carboxylic acids is 1. The number of hydrogen-bond acceptors (Lipinski definition) is 7. The molecule has 0 bridgehead atoms. The Morgan fingerprint density at radius 2 is 1.92 bits per heavy atom. The fourth-order valence-corrected chi connectivity index (χ4v) is 5.28. The van der Waals surface area contributed by atoms with Crippen molar-refractivity contribution >= 4 is 27.7 Å². The zero-order chi connectivity index (χ0) is 28.0. The largest absolute Gasteiger partial charge is 0.493 e. The lowest BCUT2D eigenvalue weighted by molar-refractivity contribution is -0.142. The lowest BCUT2D eigenvalue weighted by Crippen LogP contribution is -2.25. The second-order valence-corrected chi connectivity index (χ2v) is 12.5. The summed E-state index contributed by atoms with van der Waals surface area (Å²) in [6.45, 7) is 8.31. The Hall–Kier alpha value is -3.65. The summed E-state index contributed by atoms with van der Waals surface area (Å²) in [6, 6.07) is 15.4. The highest BCUT2D eigenvalue weighted by Crippen LogP contribution is 2.35. The van der Waals surface area contributed by atoms with Crippen LogP contribution in [-0.2, 0) is 39.8 Å². The minimum absolute atomic E-state index is 0.0895. The molecule has 2 aromatic heterocycles. The minimum Gasteiger partial charge on any atom is -0.493 e. The molecule has 0 saturated heterocycles. The third-order valence-corrected chi connectivity index (χ3v) is 8.21. The lowest BCUT2D eigenvalue weighted by atomic mass is 10.0. The number of benzene rings is 2. The first kappa shape index (κ1) is 28.4. The van der Waals surface area contributed by atoms with Gasteiger partial charge in [-0.2, -0.15) is 0 Å². The monoisotopic (exact) mass is 549 g/mol. The predicted molar refractivity (Wildman–Crippen MR) is 154 cm³/mol. The van der Waals surface area contributed by atoms with Crippen molar-refractivity contribution in [2.45, 2.75) is 51.9 Å². The number of para-hydroxylation sites is 1. The molecule has 2 aromatic carbocycles. The average molecular weight is 550 g/mol. The zero-order valence-electron chi connectivity index (χ0n) is 23.1. The van der Waals surface area contributed by atoms with Crippen molar-refractivity contribution in [3.8, 4) is 22.6 Å². The smallest absolute Gasteiger partial charge is 0.310 e. The molecule has 7 nitrogen and oxygen atoms in total. The highest BCUT2D eigenvalue weighted by Gasteiger charge is 2.20. The zero-order valence-corrected chi connectivity index (χ0v) is 23.9. The van der Waals surface area contributed by atoms with Gasteiger partial charge in [-0.15, -0.1) is 0 Å². The van der Waals surface area contributed by atoms with E-state index in [9.17, 15) is 9.00 Å². The molecule has 0 spiro atoms. The van der Waals surface area contributed by atoms with E-state index < -0.39 is 10.8 Å². The number of methoxy groups -OCH3 is 1. The third kappa shape index (κ3) is 7.06. The number of aryl methyl sites for hydroxylation is 1. The predicted octanol–water partition coefficient (Wildman–Crippen LogP) is 6.28. The van der Waals surface area contributed by atoms with Crippen LogP contribution in [0.3, 0.4) is 0 Å². The van der Waals surface area contributed by atoms with E-state index in [1.165, 1.54) is 0 Å². The highest BCUT2D eigenvalue weighted by atomic mass is 32.2. The first-order valence-corrected chi connectivity index (χ1v) is 14.3. The van der Waals surface area contributed by atoms with E-state index in [1.807, 2.05) is 63.2 Å². The molecule has 4 aromatic rings. The van der Waals surface area contributed by atoms with Gasteiger partial charge >= 0.3 is 5.97 Å². The van der Waals surface area contributed by atoms with Crippen molar-refractivity contribution in [2.75, 3.05) is 19.5 Å². The normalized spacial score (nSPS) is 12.3. The van der Waals surface area contributed by atoms with E-state index in [2.05, 4.69) is 4.98 Å². The quantitative estimate of drug-likeness (QED) is 0.204. The summed E-state index contributed by atoms with van der Waals surface area (Å²) in [5.74, 6) is 1.29. The highest BCUT2D eigenvalue weighted by molar-refractivity contribution is 7.86. The molecule has 0 unspecified atom stereocenters. The molecule has 1 atom stereocenters. The standard InChI is InChI=1S/C31H35NO6S/c1-6-36-28(33)19-23-8-7-9-27(35-5)30(23)38-20-21-16-24-11-14-37-29(24)26(17-21)22-10-13-32-25(18-22)12-15-39(34)31(2,3)4/h7-11,13-14,16-18H,6,12,15,19-20H2,1-5H3/t39-/m1/s1. The molecule has 4 rings (SSSR count). The summed E-state index contributed by atoms with van der Waals surface area (Å²) in [4.78, 5) is 16.7. The molecule has 0 aliphatic carbocycles. The summed E-state index contributed by atoms with van der Waals surface area (Å²) in [5, 5.41) is 0.949. The number of furan rings is 1. The van der Waals surface area contributed by atoms with Crippen molar-refractivity contribution < 1.29 is 27.6 Å². The number of ether oxygens (including phenoxy) is 3. The van der Waals surface area contributed by atoms with Gasteiger partial charge in [-0.05, 0) is 75.2 Å². The Morgan fingerprint density at radius 1 is 1.10 bits per heavy atom. The topological polar surface area (TPSA) is 87.9 Å². The van der Waals surface area contributed by atoms with Crippen molar-refractivity contribution in [1.82, 2.24) is 4.98 Å². The number of nitrogens with zero attached hydrogens (tertiary/aromatic N) is 1. The van der Waals surface area contributed by atoms with E-state index >= 15 is 0 Å². The Morgan fingerprint density at radius 3 is 2.67 bits per heavy atom. The number of pyridine rings is 1. The number of aromatic nitrogens is 1. The maximum absolute atomic E-state index is 12.5. The molecule has 0 saturated carbocycles. The molecule has 0 radical (unpaired) electrons. The van der Waals surface area contributed by atoms with Crippen LogP contribution in [0.4, 0.5) is 0 Å². The molecular formula is C31H35NO6S. The fourth-order valence-electron chi connectivity index (χ4n) is 4.28. The summed E-state index contributed by atoms with van der Waals surface area (Å²) in [5.41, 5.74) is 5.16. The van der Waals surface area contributed by atoms with Gasteiger partial charge in [0.15, 0.2) is 11.5 Å². The van der Waals surface area contributed by atoms with E-state index in [0.29, 0.717) is 35.8 Å². The van der Waals surface area contributed by atoms with E-state index in [4.69, 9.17) is 18.6 Å². The van der Waals surface area contributed by atoms with Gasteiger partial charge in [0.2, 0.25) is 0 Å². The minimum atomic E-state index is -0.954. The maximum Gasteiger partial charge on any atom is 0.310 e. The van der Waals surface area contributed by atoms with E-state index in [-0.39, 0.29) is 23.7 Å². The van der Waals surface area contributed by atoms with Crippen LogP contribution in [0.1, 0.15) is 44.5 Å². The van der Waals surface area contributed by atoms with Crippen LogP contribution in [0.15, 0.2) is 65.4 Å². The molecule has 2 heterocycles. The van der Waals surface area contributed by atoms with E-state index in [0.717, 1.165) is 33.4 Å². The Kier molecular flexibility index (Phi) is 9.07. The molecule has 8 heteroatoms. The second kappa shape index (κ2) is 12.5. The van der Waals surface area contributed by atoms with Crippen LogP contribution in [0, 0.1) is 0 Å². The summed E-state index contributed by atoms with van der Waals surface area (Å²) in [6.07, 6.45) is 4.16. The lowest BCUT2D eigenvalue weighted by Gasteiger charge is -2.17. The van der Waals surface area contributed by atoms with Crippen molar-refractivity contribution in [2.24, 2.45) is 0 Å². The first-order chi connectivity index (χ1) is 18.7. The summed E-state index contributed by atoms with van der Waals surface area (Å²) in [7, 11) is 0.620. The van der Waals surface area contributed by atoms with E-state index in [1.54, 1.807) is 32.6 Å². The number of esters is 1. The van der Waals surface area contributed by atoms with Gasteiger partial charge in [0.25, 0.3) is 0 Å². The molecule has 39 heavy (non-hydrogen) atoms. The Labute approximate surface area is 231 Å². The summed E-state index contributed by atoms with van der Waals surface area (Å²) < 4.78 is 35.0. The van der Waals surface area contributed by atoms with Gasteiger partial charge in [0, 0.05) is 56.1 Å². The van der Waals surface area contributed by atoms with Crippen molar-refractivity contribution in [3.63, 3.8) is 0 Å². The second-order valence-electron chi connectivity index (χ2n) is 10.1. The van der Waals surface area contributed by atoms with Gasteiger partial charge < -0.3 is 18.6 Å². The summed E-state index contributed by atoms with van der Waals surface area (Å²) >= 11 is 0. The molecule has 206 valence electrons. The van der Waals surface area contributed by atoms with Crippen LogP contribution in [-0.4, -0.2) is 39.4 Å². The SMILES string of the molecule is CCOC(=O)Cc1cccc(OC)c1OCc1cc(-c2ccnc(CC[S@@](=O)C(C)(C)C)c2)c2occc2c1. The fraction of sp³-hybridized carbons (Fsp3) is 0.355. The first-order valence-electron chi connectivity index (χ1n) is 13.0. The van der Waals surface area contributed by atoms with Gasteiger partial charge in [0.05, 0.1) is 26.4 Å². The third-order valence-electron chi connectivity index (χ3n) is 6.27. The molecule has 0 N–H and O–H groups in total. The number of rotatable bonds is 11. The molecule has 0 amide bonds. The Bertz CT molecular complexity index is 1470. The Balaban J connectivity index is 1.61. The number of carbonyl (C=O) groups is 1. The van der Waals surface area contributed by atoms with Crippen molar-refractivity contribution in [3.05, 3.63) is 77.8 Å². The molecule has 0 aliphatic rings. The number of hydrogen-bond donors (Lipinski definition) is 0. The molecular weight excluding hydrogens is 514 g/mol. The van der Waals surface area contributed by atoms with Crippen LogP contribution in [0.2, 0.25) is 0 Å². The number of fused-ring (bicyclic) bond motifs is 1. The maximum atomic E-state index is 12.5. The van der Waals surface area contributed by atoms with Crippen LogP contribution >= 0.6 is 0 Å². The van der Waals surface area contributed by atoms with Gasteiger partial charge in [-0.1, -0.05) is 12.1 Å². The van der Waals surface area contributed by atoms with Crippen LogP contribution < -0.4 is 9.47 Å². The van der Waals surface area contributed by atoms with Crippen LogP contribution in [0.5, 0.6) is 11.5 Å². The molecule has 0 fully saturated rings.